The lowest BCUT2D eigenvalue weighted by Gasteiger charge is -2.39. The standard InChI is InChI=1S/C39H53NO7/c1-5-13-33(30-14-8-7-9-15-30)38(41)40-23-11-10-18-34(40)39(42)47-35(21-19-29-20-22-36(43-3)37(27-29)44-4)31-16-12-17-32(28-31)46-26-25-45-24-6-2/h5-6,12,16-17,20,22,27-28,30,33-35H,1-2,7-11,13-15,18-19,21,23-26H2,3-4H3. The van der Waals surface area contributed by atoms with Crippen LogP contribution in [0.25, 0.3) is 0 Å². The summed E-state index contributed by atoms with van der Waals surface area (Å²) >= 11 is 0. The van der Waals surface area contributed by atoms with Crippen LogP contribution in [0.2, 0.25) is 0 Å². The lowest BCUT2D eigenvalue weighted by Crippen LogP contribution is -2.52. The van der Waals surface area contributed by atoms with Crippen molar-refractivity contribution in [1.82, 2.24) is 4.90 Å². The fraction of sp³-hybridized carbons (Fsp3) is 0.538. The molecule has 1 saturated heterocycles. The van der Waals surface area contributed by atoms with E-state index in [4.69, 9.17) is 23.7 Å². The first-order chi connectivity index (χ1) is 23.0. The molecular weight excluding hydrogens is 594 g/mol. The van der Waals surface area contributed by atoms with Crippen LogP contribution >= 0.6 is 0 Å². The van der Waals surface area contributed by atoms with E-state index < -0.39 is 12.1 Å². The van der Waals surface area contributed by atoms with Gasteiger partial charge in [-0.1, -0.05) is 49.6 Å². The van der Waals surface area contributed by atoms with Gasteiger partial charge in [-0.3, -0.25) is 4.79 Å². The molecule has 0 bridgehead atoms. The summed E-state index contributed by atoms with van der Waals surface area (Å²) in [5.41, 5.74) is 1.87. The number of ether oxygens (including phenoxy) is 5. The van der Waals surface area contributed by atoms with Gasteiger partial charge >= 0.3 is 5.97 Å². The number of nitrogens with zero attached hydrogens (tertiary/aromatic N) is 1. The average molecular weight is 648 g/mol. The highest BCUT2D eigenvalue weighted by Crippen LogP contribution is 2.36. The third kappa shape index (κ3) is 10.4. The van der Waals surface area contributed by atoms with Crippen molar-refractivity contribution in [2.45, 2.75) is 82.8 Å². The number of aryl methyl sites for hydroxylation is 1. The number of rotatable bonds is 18. The molecule has 0 radical (unpaired) electrons. The van der Waals surface area contributed by atoms with Crippen molar-refractivity contribution >= 4 is 11.9 Å². The van der Waals surface area contributed by atoms with Crippen LogP contribution in [0.3, 0.4) is 0 Å². The van der Waals surface area contributed by atoms with Crippen LogP contribution in [0.4, 0.5) is 0 Å². The van der Waals surface area contributed by atoms with Gasteiger partial charge in [0.2, 0.25) is 5.91 Å². The SMILES string of the molecule is C=CCOCCOc1cccc(C(CCc2ccc(OC)c(OC)c2)OC(=O)C2CCCCN2C(=O)C(CC=C)C2CCCCC2)c1. The van der Waals surface area contributed by atoms with E-state index in [0.29, 0.717) is 75.2 Å². The van der Waals surface area contributed by atoms with Crippen LogP contribution in [0.5, 0.6) is 17.2 Å². The summed E-state index contributed by atoms with van der Waals surface area (Å²) < 4.78 is 28.7. The van der Waals surface area contributed by atoms with Crippen molar-refractivity contribution in [2.75, 3.05) is 40.6 Å². The molecule has 1 amide bonds. The topological polar surface area (TPSA) is 83.5 Å². The lowest BCUT2D eigenvalue weighted by molar-refractivity contribution is -0.164. The van der Waals surface area contributed by atoms with Crippen molar-refractivity contribution < 1.29 is 33.3 Å². The van der Waals surface area contributed by atoms with Gasteiger partial charge in [0.25, 0.3) is 0 Å². The minimum Gasteiger partial charge on any atom is -0.493 e. The summed E-state index contributed by atoms with van der Waals surface area (Å²) in [6, 6.07) is 12.9. The summed E-state index contributed by atoms with van der Waals surface area (Å²) in [6.07, 6.45) is 12.9. The van der Waals surface area contributed by atoms with E-state index in [1.165, 1.54) is 6.42 Å². The maximum Gasteiger partial charge on any atom is 0.329 e. The normalized spacial score (nSPS) is 18.1. The number of hydrogen-bond donors (Lipinski definition) is 0. The van der Waals surface area contributed by atoms with Gasteiger partial charge in [-0.05, 0) is 92.7 Å². The third-order valence-corrected chi connectivity index (χ3v) is 9.38. The number of carbonyl (C=O) groups excluding carboxylic acids is 2. The summed E-state index contributed by atoms with van der Waals surface area (Å²) in [5, 5.41) is 0. The highest BCUT2D eigenvalue weighted by molar-refractivity contribution is 5.86. The Kier molecular flexibility index (Phi) is 14.7. The van der Waals surface area contributed by atoms with Crippen LogP contribution < -0.4 is 14.2 Å². The van der Waals surface area contributed by atoms with E-state index in [-0.39, 0.29) is 17.8 Å². The monoisotopic (exact) mass is 647 g/mol. The summed E-state index contributed by atoms with van der Waals surface area (Å²) in [7, 11) is 3.23. The number of methoxy groups -OCH3 is 2. The number of carbonyl (C=O) groups is 2. The Morgan fingerprint density at radius 2 is 1.70 bits per heavy atom. The highest BCUT2D eigenvalue weighted by Gasteiger charge is 2.39. The van der Waals surface area contributed by atoms with Crippen LogP contribution in [-0.4, -0.2) is 63.4 Å². The molecule has 256 valence electrons. The highest BCUT2D eigenvalue weighted by atomic mass is 16.5. The zero-order valence-corrected chi connectivity index (χ0v) is 28.3. The van der Waals surface area contributed by atoms with Gasteiger partial charge in [-0.15, -0.1) is 13.2 Å². The Morgan fingerprint density at radius 3 is 2.45 bits per heavy atom. The first-order valence-electron chi connectivity index (χ1n) is 17.2. The van der Waals surface area contributed by atoms with E-state index in [2.05, 4.69) is 13.2 Å². The number of hydrogen-bond acceptors (Lipinski definition) is 7. The maximum atomic E-state index is 14.1. The predicted octanol–water partition coefficient (Wildman–Crippen LogP) is 7.66. The van der Waals surface area contributed by atoms with Gasteiger partial charge in [-0.2, -0.15) is 0 Å². The zero-order valence-electron chi connectivity index (χ0n) is 28.3. The molecule has 1 aliphatic carbocycles. The molecule has 0 spiro atoms. The summed E-state index contributed by atoms with van der Waals surface area (Å²) in [5.74, 6) is 1.92. The van der Waals surface area contributed by atoms with E-state index in [9.17, 15) is 9.59 Å². The molecule has 8 nitrogen and oxygen atoms in total. The minimum absolute atomic E-state index is 0.0781. The van der Waals surface area contributed by atoms with Crippen LogP contribution in [0.1, 0.15) is 81.4 Å². The van der Waals surface area contributed by atoms with Crippen molar-refractivity contribution in [3.63, 3.8) is 0 Å². The van der Waals surface area contributed by atoms with E-state index in [1.807, 2.05) is 53.4 Å². The van der Waals surface area contributed by atoms with Gasteiger partial charge in [0.15, 0.2) is 11.5 Å². The number of allylic oxidation sites excluding steroid dienone is 1. The van der Waals surface area contributed by atoms with Gasteiger partial charge in [0.1, 0.15) is 24.5 Å². The Balaban J connectivity index is 1.54. The maximum absolute atomic E-state index is 14.1. The number of benzene rings is 2. The molecule has 2 aliphatic rings. The minimum atomic E-state index is -0.600. The second-order valence-corrected chi connectivity index (χ2v) is 12.5. The summed E-state index contributed by atoms with van der Waals surface area (Å²) in [4.78, 5) is 30.0. The fourth-order valence-corrected chi connectivity index (χ4v) is 6.90. The molecule has 0 N–H and O–H groups in total. The quantitative estimate of drug-likeness (QED) is 0.0934. The van der Waals surface area contributed by atoms with Crippen LogP contribution in [0.15, 0.2) is 67.8 Å². The third-order valence-electron chi connectivity index (χ3n) is 9.38. The number of piperidine rings is 1. The van der Waals surface area contributed by atoms with Gasteiger partial charge < -0.3 is 28.6 Å². The Hall–Kier alpha value is -3.78. The predicted molar refractivity (Wildman–Crippen MR) is 184 cm³/mol. The molecule has 2 aromatic carbocycles. The molecule has 3 atom stereocenters. The zero-order chi connectivity index (χ0) is 33.4. The van der Waals surface area contributed by atoms with Gasteiger partial charge in [-0.25, -0.2) is 4.79 Å². The molecule has 3 unspecified atom stereocenters. The van der Waals surface area contributed by atoms with E-state index >= 15 is 0 Å². The molecule has 1 saturated carbocycles. The van der Waals surface area contributed by atoms with Gasteiger partial charge in [0.05, 0.1) is 27.4 Å². The second-order valence-electron chi connectivity index (χ2n) is 12.5. The molecule has 47 heavy (non-hydrogen) atoms. The van der Waals surface area contributed by atoms with Crippen molar-refractivity contribution in [3.8, 4) is 17.2 Å². The number of likely N-dealkylation sites (tertiary alicyclic amines) is 1. The molecule has 0 aromatic heterocycles. The summed E-state index contributed by atoms with van der Waals surface area (Å²) in [6.45, 7) is 9.49. The molecule has 1 heterocycles. The number of amides is 1. The Morgan fingerprint density at radius 1 is 0.915 bits per heavy atom. The van der Waals surface area contributed by atoms with E-state index in [1.54, 1.807) is 20.3 Å². The largest absolute Gasteiger partial charge is 0.493 e. The Bertz CT molecular complexity index is 1300. The smallest absolute Gasteiger partial charge is 0.329 e. The molecular formula is C39H53NO7. The first-order valence-corrected chi connectivity index (χ1v) is 17.2. The molecule has 2 aromatic rings. The Labute approximate surface area is 281 Å². The number of esters is 1. The fourth-order valence-electron chi connectivity index (χ4n) is 6.90. The van der Waals surface area contributed by atoms with Crippen LogP contribution in [0, 0.1) is 11.8 Å². The molecule has 2 fully saturated rings. The van der Waals surface area contributed by atoms with Crippen molar-refractivity contribution in [3.05, 3.63) is 78.9 Å². The van der Waals surface area contributed by atoms with Crippen molar-refractivity contribution in [2.24, 2.45) is 11.8 Å². The second kappa shape index (κ2) is 19.1. The van der Waals surface area contributed by atoms with Gasteiger partial charge in [0, 0.05) is 12.5 Å². The van der Waals surface area contributed by atoms with Crippen LogP contribution in [-0.2, 0) is 25.5 Å². The first kappa shape index (κ1) is 36.1. The molecule has 8 heteroatoms. The average Bonchev–Trinajstić information content (AvgIpc) is 3.12. The molecule has 4 rings (SSSR count). The molecule has 1 aliphatic heterocycles. The lowest BCUT2D eigenvalue weighted by atomic mass is 9.77. The van der Waals surface area contributed by atoms with Crippen molar-refractivity contribution in [1.29, 1.82) is 0 Å². The van der Waals surface area contributed by atoms with E-state index in [0.717, 1.165) is 49.7 Å².